The fourth-order valence-corrected chi connectivity index (χ4v) is 4.85. The molecule has 7 nitrogen and oxygen atoms in total. The van der Waals surface area contributed by atoms with Crippen molar-refractivity contribution in [1.29, 1.82) is 0 Å². The molecular weight excluding hydrogens is 473 g/mol. The van der Waals surface area contributed by atoms with Crippen LogP contribution in [0.3, 0.4) is 0 Å². The summed E-state index contributed by atoms with van der Waals surface area (Å²) in [6.07, 6.45) is -0.826. The topological polar surface area (TPSA) is 102 Å². The van der Waals surface area contributed by atoms with Gasteiger partial charge in [0.25, 0.3) is 5.91 Å². The molecule has 5 rings (SSSR count). The van der Waals surface area contributed by atoms with Crippen molar-refractivity contribution in [2.75, 3.05) is 16.8 Å². The molecule has 0 spiro atoms. The van der Waals surface area contributed by atoms with Gasteiger partial charge in [-0.15, -0.1) is 0 Å². The molecule has 0 fully saturated rings. The molecule has 3 aromatic carbocycles. The van der Waals surface area contributed by atoms with E-state index in [0.29, 0.717) is 27.9 Å². The van der Waals surface area contributed by atoms with Gasteiger partial charge in [0.1, 0.15) is 5.82 Å². The summed E-state index contributed by atoms with van der Waals surface area (Å²) in [7, 11) is 0. The first-order valence-electron chi connectivity index (χ1n) is 11.1. The fourth-order valence-electron chi connectivity index (χ4n) is 4.62. The lowest BCUT2D eigenvalue weighted by Gasteiger charge is -2.24. The highest BCUT2D eigenvalue weighted by Gasteiger charge is 2.37. The number of urea groups is 1. The van der Waals surface area contributed by atoms with E-state index in [1.54, 1.807) is 50.2 Å². The van der Waals surface area contributed by atoms with Gasteiger partial charge in [-0.3, -0.25) is 9.69 Å². The molecule has 2 heterocycles. The summed E-state index contributed by atoms with van der Waals surface area (Å²) in [6.45, 7) is 3.21. The van der Waals surface area contributed by atoms with E-state index in [0.717, 1.165) is 0 Å². The molecule has 35 heavy (non-hydrogen) atoms. The average molecular weight is 496 g/mol. The lowest BCUT2D eigenvalue weighted by molar-refractivity contribution is 0.0785. The van der Waals surface area contributed by atoms with Gasteiger partial charge in [0.15, 0.2) is 0 Å². The quantitative estimate of drug-likeness (QED) is 0.425. The third kappa shape index (κ3) is 4.03. The number of benzene rings is 3. The first-order valence-corrected chi connectivity index (χ1v) is 11.4. The SMILES string of the molecule is CC(C)(O)c1cc(NC(=O)N2C[C@@H](O)c3ccccc32)c2c(c1)C(=O)N[C@H]2c1cc(F)ccc1Cl. The summed E-state index contributed by atoms with van der Waals surface area (Å²) in [5.41, 5.74) is 1.59. The van der Waals surface area contributed by atoms with Gasteiger partial charge < -0.3 is 20.8 Å². The van der Waals surface area contributed by atoms with E-state index in [4.69, 9.17) is 11.6 Å². The first-order chi connectivity index (χ1) is 16.5. The Morgan fingerprint density at radius 3 is 2.66 bits per heavy atom. The summed E-state index contributed by atoms with van der Waals surface area (Å²) < 4.78 is 14.1. The maximum absolute atomic E-state index is 14.1. The van der Waals surface area contributed by atoms with Crippen molar-refractivity contribution in [2.24, 2.45) is 0 Å². The largest absolute Gasteiger partial charge is 0.386 e. The second-order valence-electron chi connectivity index (χ2n) is 9.23. The number of aliphatic hydroxyl groups excluding tert-OH is 1. The van der Waals surface area contributed by atoms with E-state index in [9.17, 15) is 24.2 Å². The van der Waals surface area contributed by atoms with Crippen LogP contribution in [-0.2, 0) is 5.60 Å². The van der Waals surface area contributed by atoms with Crippen LogP contribution in [0.1, 0.15) is 58.6 Å². The molecule has 180 valence electrons. The molecule has 2 aliphatic rings. The number of β-amino-alcohol motifs (C(OH)–C–C–N with tert-alkyl or cyclic N) is 1. The number of fused-ring (bicyclic) bond motifs is 2. The summed E-state index contributed by atoms with van der Waals surface area (Å²) >= 11 is 6.35. The maximum Gasteiger partial charge on any atom is 0.326 e. The Bertz CT molecular complexity index is 1370. The lowest BCUT2D eigenvalue weighted by Crippen LogP contribution is -2.34. The Labute approximate surface area is 206 Å². The third-order valence-corrected chi connectivity index (χ3v) is 6.74. The van der Waals surface area contributed by atoms with Crippen LogP contribution in [0, 0.1) is 5.82 Å². The molecule has 3 aromatic rings. The molecule has 0 aromatic heterocycles. The van der Waals surface area contributed by atoms with E-state index in [1.165, 1.54) is 23.1 Å². The second kappa shape index (κ2) is 8.34. The van der Waals surface area contributed by atoms with Gasteiger partial charge in [0, 0.05) is 33.0 Å². The molecule has 0 saturated heterocycles. The van der Waals surface area contributed by atoms with Crippen LogP contribution in [0.5, 0.6) is 0 Å². The number of nitrogens with zero attached hydrogens (tertiary/aromatic N) is 1. The maximum atomic E-state index is 14.1. The summed E-state index contributed by atoms with van der Waals surface area (Å²) in [5, 5.41) is 27.0. The molecular formula is C26H23ClFN3O4. The zero-order chi connectivity index (χ0) is 25.1. The molecule has 0 bridgehead atoms. The Balaban J connectivity index is 1.61. The number of halogens is 2. The molecule has 3 amide bonds. The number of anilines is 2. The molecule has 0 radical (unpaired) electrons. The molecule has 0 aliphatic carbocycles. The summed E-state index contributed by atoms with van der Waals surface area (Å²) in [5.74, 6) is -0.956. The summed E-state index contributed by atoms with van der Waals surface area (Å²) in [6, 6.07) is 12.7. The van der Waals surface area contributed by atoms with Crippen LogP contribution < -0.4 is 15.5 Å². The van der Waals surface area contributed by atoms with Gasteiger partial charge in [-0.05, 0) is 55.8 Å². The van der Waals surface area contributed by atoms with Crippen LogP contribution in [0.4, 0.5) is 20.6 Å². The first kappa shape index (κ1) is 23.3. The van der Waals surface area contributed by atoms with E-state index < -0.39 is 35.5 Å². The monoisotopic (exact) mass is 495 g/mol. The van der Waals surface area contributed by atoms with Gasteiger partial charge in [-0.2, -0.15) is 0 Å². The zero-order valence-electron chi connectivity index (χ0n) is 19.0. The minimum Gasteiger partial charge on any atom is -0.386 e. The van der Waals surface area contributed by atoms with Crippen molar-refractivity contribution >= 4 is 34.9 Å². The van der Waals surface area contributed by atoms with E-state index in [-0.39, 0.29) is 22.8 Å². The van der Waals surface area contributed by atoms with Crippen LogP contribution in [-0.4, -0.2) is 28.7 Å². The zero-order valence-corrected chi connectivity index (χ0v) is 19.7. The second-order valence-corrected chi connectivity index (χ2v) is 9.64. The lowest BCUT2D eigenvalue weighted by atomic mass is 9.90. The van der Waals surface area contributed by atoms with Crippen molar-refractivity contribution in [3.05, 3.63) is 93.3 Å². The van der Waals surface area contributed by atoms with Gasteiger partial charge in [-0.25, -0.2) is 9.18 Å². The van der Waals surface area contributed by atoms with Crippen molar-refractivity contribution in [3.8, 4) is 0 Å². The highest BCUT2D eigenvalue weighted by molar-refractivity contribution is 6.31. The number of nitrogens with one attached hydrogen (secondary N) is 2. The van der Waals surface area contributed by atoms with E-state index in [1.807, 2.05) is 0 Å². The molecule has 0 saturated carbocycles. The van der Waals surface area contributed by atoms with Gasteiger partial charge in [0.05, 0.1) is 30.0 Å². The Kier molecular flexibility index (Phi) is 5.55. The molecule has 2 atom stereocenters. The Morgan fingerprint density at radius 2 is 1.91 bits per heavy atom. The normalized spacial score (nSPS) is 18.8. The number of rotatable bonds is 3. The smallest absolute Gasteiger partial charge is 0.326 e. The molecule has 9 heteroatoms. The minimum atomic E-state index is -1.31. The summed E-state index contributed by atoms with van der Waals surface area (Å²) in [4.78, 5) is 27.7. The van der Waals surface area contributed by atoms with Gasteiger partial charge in [0.2, 0.25) is 0 Å². The predicted octanol–water partition coefficient (Wildman–Crippen LogP) is 4.62. The predicted molar refractivity (Wildman–Crippen MR) is 130 cm³/mol. The Morgan fingerprint density at radius 1 is 1.17 bits per heavy atom. The van der Waals surface area contributed by atoms with Gasteiger partial charge >= 0.3 is 6.03 Å². The molecule has 0 unspecified atom stereocenters. The van der Waals surface area contributed by atoms with Gasteiger partial charge in [-0.1, -0.05) is 29.8 Å². The standard InChI is InChI=1S/C26H23ClFN3O4/c1-26(2,35)13-9-17-22(23(30-24(17)33)16-11-14(28)7-8-18(16)27)19(10-13)29-25(34)31-12-21(32)15-5-3-4-6-20(15)31/h3-11,21,23,32,35H,12H2,1-2H3,(H,29,34)(H,30,33)/t21-,23+/m1/s1. The van der Waals surface area contributed by atoms with Crippen molar-refractivity contribution < 1.29 is 24.2 Å². The number of carbonyl (C=O) groups is 2. The Hall–Kier alpha value is -3.46. The number of amides is 3. The van der Waals surface area contributed by atoms with Crippen molar-refractivity contribution in [3.63, 3.8) is 0 Å². The highest BCUT2D eigenvalue weighted by Crippen LogP contribution is 2.42. The average Bonchev–Trinajstić information content (AvgIpc) is 3.32. The van der Waals surface area contributed by atoms with Crippen LogP contribution >= 0.6 is 11.6 Å². The number of para-hydroxylation sites is 1. The third-order valence-electron chi connectivity index (χ3n) is 6.39. The van der Waals surface area contributed by atoms with Crippen LogP contribution in [0.25, 0.3) is 0 Å². The van der Waals surface area contributed by atoms with Crippen molar-refractivity contribution in [2.45, 2.75) is 31.6 Å². The molecule has 4 N–H and O–H groups in total. The van der Waals surface area contributed by atoms with Crippen LogP contribution in [0.2, 0.25) is 5.02 Å². The minimum absolute atomic E-state index is 0.0644. The molecule has 2 aliphatic heterocycles. The van der Waals surface area contributed by atoms with Crippen LogP contribution in [0.15, 0.2) is 54.6 Å². The van der Waals surface area contributed by atoms with Crippen molar-refractivity contribution in [1.82, 2.24) is 5.32 Å². The number of hydrogen-bond acceptors (Lipinski definition) is 4. The number of hydrogen-bond donors (Lipinski definition) is 4. The number of aliphatic hydroxyl groups is 2. The number of carbonyl (C=O) groups excluding carboxylic acids is 2. The van der Waals surface area contributed by atoms with E-state index in [2.05, 4.69) is 10.6 Å². The highest BCUT2D eigenvalue weighted by atomic mass is 35.5. The van der Waals surface area contributed by atoms with E-state index >= 15 is 0 Å². The fraction of sp³-hybridized carbons (Fsp3) is 0.231.